The highest BCUT2D eigenvalue weighted by Crippen LogP contribution is 2.36. The van der Waals surface area contributed by atoms with Crippen LogP contribution in [0, 0.1) is 0 Å². The molecule has 0 amide bonds. The van der Waals surface area contributed by atoms with E-state index < -0.39 is 35.2 Å². The summed E-state index contributed by atoms with van der Waals surface area (Å²) < 4.78 is 65.4. The number of aldehydes is 2. The lowest BCUT2D eigenvalue weighted by molar-refractivity contribution is -0.138. The fourth-order valence-electron chi connectivity index (χ4n) is 1.34. The molecule has 98 valence electrons. The summed E-state index contributed by atoms with van der Waals surface area (Å²) in [5.41, 5.74) is -3.36. The van der Waals surface area contributed by atoms with Crippen molar-refractivity contribution in [2.24, 2.45) is 0 Å². The highest BCUT2D eigenvalue weighted by molar-refractivity contribution is 5.87. The molecule has 8 heteroatoms. The Balaban J connectivity index is 3.44. The summed E-state index contributed by atoms with van der Waals surface area (Å²) in [4.78, 5) is 21.0. The van der Waals surface area contributed by atoms with Gasteiger partial charge in [0.25, 0.3) is 0 Å². The maximum atomic E-state index is 12.6. The molecule has 0 aromatic heterocycles. The fraction of sp³-hybridized carbons (Fsp3) is 0.200. The summed E-state index contributed by atoms with van der Waals surface area (Å²) in [6, 6.07) is 0.990. The van der Waals surface area contributed by atoms with E-state index in [2.05, 4.69) is 4.74 Å². The van der Waals surface area contributed by atoms with E-state index >= 15 is 0 Å². The minimum absolute atomic E-state index is 0.186. The van der Waals surface area contributed by atoms with Crippen LogP contribution in [-0.2, 0) is 6.18 Å². The third-order valence-electron chi connectivity index (χ3n) is 1.94. The molecule has 0 radical (unpaired) electrons. The van der Waals surface area contributed by atoms with Crippen LogP contribution in [0.4, 0.5) is 22.0 Å². The second kappa shape index (κ2) is 5.11. The Bertz CT molecular complexity index is 438. The van der Waals surface area contributed by atoms with Crippen LogP contribution in [0.15, 0.2) is 12.1 Å². The van der Waals surface area contributed by atoms with Gasteiger partial charge in [-0.1, -0.05) is 0 Å². The van der Waals surface area contributed by atoms with Gasteiger partial charge >= 0.3 is 12.8 Å². The largest absolute Gasteiger partial charge is 0.435 e. The van der Waals surface area contributed by atoms with Gasteiger partial charge in [-0.3, -0.25) is 9.59 Å². The van der Waals surface area contributed by atoms with Gasteiger partial charge in [0.15, 0.2) is 12.6 Å². The van der Waals surface area contributed by atoms with Gasteiger partial charge in [-0.05, 0) is 12.1 Å². The molecule has 0 heterocycles. The van der Waals surface area contributed by atoms with Crippen molar-refractivity contribution in [1.29, 1.82) is 0 Å². The third-order valence-corrected chi connectivity index (χ3v) is 1.94. The molecule has 0 fully saturated rings. The van der Waals surface area contributed by atoms with Gasteiger partial charge in [0, 0.05) is 11.1 Å². The number of carbonyl (C=O) groups is 2. The average Bonchev–Trinajstić information content (AvgIpc) is 2.25. The Labute approximate surface area is 97.2 Å². The molecular formula is C10H5F5O3. The van der Waals surface area contributed by atoms with Gasteiger partial charge in [0.1, 0.15) is 5.75 Å². The van der Waals surface area contributed by atoms with Gasteiger partial charge in [-0.25, -0.2) is 0 Å². The second-order valence-corrected chi connectivity index (χ2v) is 3.09. The van der Waals surface area contributed by atoms with Crippen LogP contribution in [0.3, 0.4) is 0 Å². The highest BCUT2D eigenvalue weighted by atomic mass is 19.4. The van der Waals surface area contributed by atoms with Gasteiger partial charge in [-0.2, -0.15) is 22.0 Å². The Morgan fingerprint density at radius 3 is 1.78 bits per heavy atom. The zero-order chi connectivity index (χ0) is 13.9. The number of ether oxygens (including phenoxy) is 1. The quantitative estimate of drug-likeness (QED) is 0.623. The summed E-state index contributed by atoms with van der Waals surface area (Å²) in [5.74, 6) is -0.692. The molecule has 1 aromatic carbocycles. The minimum Gasteiger partial charge on any atom is -0.435 e. The van der Waals surface area contributed by atoms with Crippen LogP contribution in [0.5, 0.6) is 5.75 Å². The van der Waals surface area contributed by atoms with Crippen molar-refractivity contribution in [3.63, 3.8) is 0 Å². The molecule has 1 aromatic rings. The normalized spacial score (nSPS) is 11.4. The number of alkyl halides is 5. The lowest BCUT2D eigenvalue weighted by Crippen LogP contribution is -2.14. The zero-order valence-electron chi connectivity index (χ0n) is 8.50. The van der Waals surface area contributed by atoms with Gasteiger partial charge < -0.3 is 4.74 Å². The number of benzene rings is 1. The molecule has 0 spiro atoms. The number of halogens is 5. The summed E-state index contributed by atoms with van der Waals surface area (Å²) in [5, 5.41) is 0. The molecule has 0 atom stereocenters. The van der Waals surface area contributed by atoms with E-state index in [1.54, 1.807) is 0 Å². The van der Waals surface area contributed by atoms with Crippen molar-refractivity contribution < 1.29 is 36.3 Å². The average molecular weight is 268 g/mol. The molecule has 0 aliphatic heterocycles. The van der Waals surface area contributed by atoms with Crippen LogP contribution >= 0.6 is 0 Å². The number of hydrogen-bond acceptors (Lipinski definition) is 3. The van der Waals surface area contributed by atoms with Crippen LogP contribution in [0.25, 0.3) is 0 Å². The molecule has 0 bridgehead atoms. The fourth-order valence-corrected chi connectivity index (χ4v) is 1.34. The van der Waals surface area contributed by atoms with Crippen LogP contribution in [0.2, 0.25) is 0 Å². The third kappa shape index (κ3) is 3.02. The standard InChI is InChI=1S/C10H5F5O3/c11-9(12)18-7-1-5(3-16)8(10(13,14)15)6(2-7)4-17/h1-4,9H. The molecular weight excluding hydrogens is 263 g/mol. The van der Waals surface area contributed by atoms with E-state index in [4.69, 9.17) is 0 Å². The predicted molar refractivity (Wildman–Crippen MR) is 48.9 cm³/mol. The topological polar surface area (TPSA) is 43.4 Å². The summed E-state index contributed by atoms with van der Waals surface area (Å²) in [6.07, 6.45) is -5.32. The van der Waals surface area contributed by atoms with E-state index in [0.717, 1.165) is 0 Å². The summed E-state index contributed by atoms with van der Waals surface area (Å²) in [7, 11) is 0. The summed E-state index contributed by atoms with van der Waals surface area (Å²) >= 11 is 0. The Hall–Kier alpha value is -1.99. The Morgan fingerprint density at radius 1 is 1.06 bits per heavy atom. The van der Waals surface area contributed by atoms with Crippen LogP contribution in [-0.4, -0.2) is 19.2 Å². The van der Waals surface area contributed by atoms with Crippen molar-refractivity contribution in [2.75, 3.05) is 0 Å². The van der Waals surface area contributed by atoms with E-state index in [1.165, 1.54) is 0 Å². The smallest absolute Gasteiger partial charge is 0.417 e. The first-order valence-corrected chi connectivity index (χ1v) is 4.40. The van der Waals surface area contributed by atoms with Gasteiger partial charge in [0.2, 0.25) is 0 Å². The molecule has 0 saturated heterocycles. The number of carbonyl (C=O) groups excluding carboxylic acids is 2. The highest BCUT2D eigenvalue weighted by Gasteiger charge is 2.36. The van der Waals surface area contributed by atoms with Crippen LogP contribution in [0.1, 0.15) is 26.3 Å². The zero-order valence-corrected chi connectivity index (χ0v) is 8.50. The first-order chi connectivity index (χ1) is 8.29. The van der Waals surface area contributed by atoms with E-state index in [1.807, 2.05) is 0 Å². The van der Waals surface area contributed by atoms with Crippen molar-refractivity contribution in [3.05, 3.63) is 28.8 Å². The minimum atomic E-state index is -4.95. The van der Waals surface area contributed by atoms with Crippen molar-refractivity contribution in [3.8, 4) is 5.75 Å². The molecule has 18 heavy (non-hydrogen) atoms. The molecule has 0 saturated carbocycles. The number of rotatable bonds is 4. The van der Waals surface area contributed by atoms with Gasteiger partial charge in [0.05, 0.1) is 5.56 Å². The Kier molecular flexibility index (Phi) is 4.00. The summed E-state index contributed by atoms with van der Waals surface area (Å²) in [6.45, 7) is -3.28. The second-order valence-electron chi connectivity index (χ2n) is 3.09. The lowest BCUT2D eigenvalue weighted by atomic mass is 10.0. The Morgan fingerprint density at radius 2 is 1.50 bits per heavy atom. The number of hydrogen-bond donors (Lipinski definition) is 0. The molecule has 0 aliphatic carbocycles. The van der Waals surface area contributed by atoms with E-state index in [9.17, 15) is 31.5 Å². The maximum Gasteiger partial charge on any atom is 0.417 e. The molecule has 0 unspecified atom stereocenters. The van der Waals surface area contributed by atoms with Crippen LogP contribution < -0.4 is 4.74 Å². The van der Waals surface area contributed by atoms with Gasteiger partial charge in [-0.15, -0.1) is 0 Å². The first-order valence-electron chi connectivity index (χ1n) is 4.40. The first kappa shape index (κ1) is 14.1. The molecule has 3 nitrogen and oxygen atoms in total. The molecule has 0 aliphatic rings. The van der Waals surface area contributed by atoms with E-state index in [-0.39, 0.29) is 12.6 Å². The van der Waals surface area contributed by atoms with Crippen molar-refractivity contribution in [2.45, 2.75) is 12.8 Å². The maximum absolute atomic E-state index is 12.6. The van der Waals surface area contributed by atoms with E-state index in [0.29, 0.717) is 12.1 Å². The predicted octanol–water partition coefficient (Wildman–Crippen LogP) is 2.93. The lowest BCUT2D eigenvalue weighted by Gasteiger charge is -2.14. The van der Waals surface area contributed by atoms with Crippen molar-refractivity contribution in [1.82, 2.24) is 0 Å². The SMILES string of the molecule is O=Cc1cc(OC(F)F)cc(C=O)c1C(F)(F)F. The molecule has 1 rings (SSSR count). The molecule has 0 N–H and O–H groups in total. The monoisotopic (exact) mass is 268 g/mol. The van der Waals surface area contributed by atoms with Crippen molar-refractivity contribution >= 4 is 12.6 Å².